The third-order valence-corrected chi connectivity index (χ3v) is 8.56. The molecule has 37 heavy (non-hydrogen) atoms. The van der Waals surface area contributed by atoms with Gasteiger partial charge >= 0.3 is 5.97 Å². The number of ketones is 1. The highest BCUT2D eigenvalue weighted by Crippen LogP contribution is 2.36. The summed E-state index contributed by atoms with van der Waals surface area (Å²) in [5.41, 5.74) is -0.877. The fourth-order valence-electron chi connectivity index (χ4n) is 6.04. The molecule has 9 nitrogen and oxygen atoms in total. The zero-order valence-corrected chi connectivity index (χ0v) is 24.9. The van der Waals surface area contributed by atoms with Crippen molar-refractivity contribution < 1.29 is 33.6 Å². The topological polar surface area (TPSA) is 97.8 Å². The molecule has 0 bridgehead atoms. The fourth-order valence-corrected chi connectivity index (χ4v) is 6.04. The number of hydrogen-bond donors (Lipinski definition) is 1. The monoisotopic (exact) mass is 528 g/mol. The summed E-state index contributed by atoms with van der Waals surface area (Å²) in [6, 6.07) is -0.162. The van der Waals surface area contributed by atoms with E-state index in [0.29, 0.717) is 19.3 Å². The molecule has 0 radical (unpaired) electrons. The second-order valence-corrected chi connectivity index (χ2v) is 11.9. The first kappa shape index (κ1) is 32.1. The maximum Gasteiger partial charge on any atom is 0.316 e. The van der Waals surface area contributed by atoms with Crippen molar-refractivity contribution in [3.8, 4) is 0 Å². The number of aliphatic hydroxyl groups excluding tert-OH is 1. The molecule has 9 heteroatoms. The second-order valence-electron chi connectivity index (χ2n) is 11.9. The number of ether oxygens (including phenoxy) is 4. The zero-order chi connectivity index (χ0) is 28.2. The summed E-state index contributed by atoms with van der Waals surface area (Å²) in [5.74, 6) is -2.28. The van der Waals surface area contributed by atoms with Crippen LogP contribution in [0.25, 0.3) is 0 Å². The molecule has 2 fully saturated rings. The van der Waals surface area contributed by atoms with Gasteiger partial charge in [0.15, 0.2) is 12.1 Å². The molecule has 2 heterocycles. The summed E-state index contributed by atoms with van der Waals surface area (Å²) in [4.78, 5) is 31.0. The summed E-state index contributed by atoms with van der Waals surface area (Å²) in [6.07, 6.45) is -1.12. The standard InChI is InChI=1S/C28H52N2O7/c1-12-22-20(6)30(10)15-16(2)14-28(7,34-11)25(18(4)23(31)19(5)26(33)36-22)37-27-24(32)21(29(8)9)13-17(3)35-27/h16-22,24-25,27,32H,12-15H2,1-11H3/t16-,17?,18+,19-,20+,21?,22-,24?,25-,27+,28-/m1/s1. The van der Waals surface area contributed by atoms with Crippen molar-refractivity contribution >= 4 is 11.8 Å². The van der Waals surface area contributed by atoms with Gasteiger partial charge in [0.1, 0.15) is 18.1 Å². The summed E-state index contributed by atoms with van der Waals surface area (Å²) < 4.78 is 24.6. The average molecular weight is 529 g/mol. The maximum atomic E-state index is 13.7. The largest absolute Gasteiger partial charge is 0.460 e. The van der Waals surface area contributed by atoms with Crippen LogP contribution in [0, 0.1) is 17.8 Å². The van der Waals surface area contributed by atoms with Gasteiger partial charge in [0.2, 0.25) is 0 Å². The Kier molecular flexibility index (Phi) is 11.5. The molecule has 0 spiro atoms. The Bertz CT molecular complexity index is 765. The number of cyclic esters (lactones) is 1. The molecule has 0 saturated carbocycles. The molecule has 216 valence electrons. The number of likely N-dealkylation sites (N-methyl/N-ethyl adjacent to an activating group) is 2. The van der Waals surface area contributed by atoms with Crippen LogP contribution in [0.3, 0.4) is 0 Å². The van der Waals surface area contributed by atoms with Gasteiger partial charge in [-0.25, -0.2) is 0 Å². The maximum absolute atomic E-state index is 13.7. The van der Waals surface area contributed by atoms with E-state index in [0.717, 1.165) is 6.54 Å². The van der Waals surface area contributed by atoms with Crippen molar-refractivity contribution in [1.82, 2.24) is 9.80 Å². The van der Waals surface area contributed by atoms with Crippen LogP contribution in [0.15, 0.2) is 0 Å². The average Bonchev–Trinajstić information content (AvgIpc) is 2.84. The highest BCUT2D eigenvalue weighted by molar-refractivity contribution is 6.00. The van der Waals surface area contributed by atoms with Crippen LogP contribution in [0.2, 0.25) is 0 Å². The molecule has 0 aromatic rings. The van der Waals surface area contributed by atoms with Gasteiger partial charge in [0.25, 0.3) is 0 Å². The van der Waals surface area contributed by atoms with Crippen LogP contribution in [0.5, 0.6) is 0 Å². The van der Waals surface area contributed by atoms with Gasteiger partial charge in [-0.1, -0.05) is 20.8 Å². The number of rotatable bonds is 5. The number of carbonyl (C=O) groups is 2. The minimum Gasteiger partial charge on any atom is -0.460 e. The molecule has 11 atom stereocenters. The Morgan fingerprint density at radius 3 is 2.32 bits per heavy atom. The lowest BCUT2D eigenvalue weighted by atomic mass is 9.78. The van der Waals surface area contributed by atoms with Gasteiger partial charge < -0.3 is 29.0 Å². The molecule has 0 amide bonds. The quantitative estimate of drug-likeness (QED) is 0.427. The number of carbonyl (C=O) groups excluding carboxylic acids is 2. The lowest BCUT2D eigenvalue weighted by molar-refractivity contribution is -0.295. The van der Waals surface area contributed by atoms with Gasteiger partial charge in [-0.15, -0.1) is 0 Å². The predicted octanol–water partition coefficient (Wildman–Crippen LogP) is 2.73. The first-order chi connectivity index (χ1) is 17.2. The van der Waals surface area contributed by atoms with Crippen LogP contribution < -0.4 is 0 Å². The van der Waals surface area contributed by atoms with E-state index in [2.05, 4.69) is 18.7 Å². The molecule has 2 rings (SSSR count). The Labute approximate surface area is 224 Å². The third kappa shape index (κ3) is 7.51. The van der Waals surface area contributed by atoms with Crippen molar-refractivity contribution in [2.24, 2.45) is 17.8 Å². The van der Waals surface area contributed by atoms with Crippen molar-refractivity contribution in [3.63, 3.8) is 0 Å². The van der Waals surface area contributed by atoms with Gasteiger partial charge in [-0.2, -0.15) is 0 Å². The minimum atomic E-state index is -0.961. The molecule has 2 aliphatic rings. The normalized spacial score (nSPS) is 43.6. The van der Waals surface area contributed by atoms with E-state index in [9.17, 15) is 14.7 Å². The number of methoxy groups -OCH3 is 1. The Hall–Kier alpha value is -1.10. The second kappa shape index (κ2) is 13.3. The van der Waals surface area contributed by atoms with E-state index < -0.39 is 41.9 Å². The van der Waals surface area contributed by atoms with Gasteiger partial charge in [0, 0.05) is 31.7 Å². The van der Waals surface area contributed by atoms with Crippen LogP contribution in [-0.4, -0.2) is 110 Å². The molecule has 2 aliphatic heterocycles. The SMILES string of the molecule is CC[C@H]1OC(=O)[C@H](C)C(=O)[C@H](C)[C@@H](O[C@@H]2OC(C)CC(N(C)C)C2O)[C@](C)(OC)C[C@@H](C)CN(C)[C@H]1C. The van der Waals surface area contributed by atoms with E-state index in [4.69, 9.17) is 18.9 Å². The van der Waals surface area contributed by atoms with E-state index in [-0.39, 0.29) is 36.0 Å². The van der Waals surface area contributed by atoms with Gasteiger partial charge in [-0.3, -0.25) is 14.5 Å². The molecule has 1 N–H and O–H groups in total. The molecular weight excluding hydrogens is 476 g/mol. The van der Waals surface area contributed by atoms with Crippen molar-refractivity contribution in [1.29, 1.82) is 0 Å². The van der Waals surface area contributed by atoms with Crippen molar-refractivity contribution in [2.75, 3.05) is 34.8 Å². The van der Waals surface area contributed by atoms with Crippen molar-refractivity contribution in [3.05, 3.63) is 0 Å². The molecule has 0 aromatic carbocycles. The van der Waals surface area contributed by atoms with Crippen LogP contribution in [0.4, 0.5) is 0 Å². The lowest BCUT2D eigenvalue weighted by Gasteiger charge is -2.46. The highest BCUT2D eigenvalue weighted by Gasteiger charge is 2.49. The smallest absolute Gasteiger partial charge is 0.316 e. The first-order valence-electron chi connectivity index (χ1n) is 13.8. The zero-order valence-electron chi connectivity index (χ0n) is 24.9. The minimum absolute atomic E-state index is 0.00651. The summed E-state index contributed by atoms with van der Waals surface area (Å²) in [6.45, 7) is 14.2. The molecule has 0 aliphatic carbocycles. The van der Waals surface area contributed by atoms with Crippen LogP contribution in [0.1, 0.15) is 67.7 Å². The Balaban J connectivity index is 2.50. The Morgan fingerprint density at radius 1 is 1.16 bits per heavy atom. The van der Waals surface area contributed by atoms with E-state index in [1.807, 2.05) is 46.8 Å². The lowest BCUT2D eigenvalue weighted by Crippen LogP contribution is -2.59. The van der Waals surface area contributed by atoms with E-state index in [1.165, 1.54) is 0 Å². The highest BCUT2D eigenvalue weighted by atomic mass is 16.7. The Morgan fingerprint density at radius 2 is 1.78 bits per heavy atom. The van der Waals surface area contributed by atoms with Crippen LogP contribution in [-0.2, 0) is 28.5 Å². The van der Waals surface area contributed by atoms with E-state index in [1.54, 1.807) is 21.0 Å². The number of nitrogens with zero attached hydrogens (tertiary/aromatic N) is 2. The summed E-state index contributed by atoms with van der Waals surface area (Å²) in [5, 5.41) is 11.2. The first-order valence-corrected chi connectivity index (χ1v) is 13.8. The van der Waals surface area contributed by atoms with Crippen LogP contribution >= 0.6 is 0 Å². The summed E-state index contributed by atoms with van der Waals surface area (Å²) >= 11 is 0. The van der Waals surface area contributed by atoms with Gasteiger partial charge in [0.05, 0.1) is 17.8 Å². The molecule has 3 unspecified atom stereocenters. The van der Waals surface area contributed by atoms with Gasteiger partial charge in [-0.05, 0) is 74.0 Å². The molecule has 0 aromatic heterocycles. The number of esters is 1. The van der Waals surface area contributed by atoms with Crippen molar-refractivity contribution in [2.45, 2.75) is 116 Å². The summed E-state index contributed by atoms with van der Waals surface area (Å²) in [7, 11) is 7.49. The number of aliphatic hydroxyl groups is 1. The number of hydrogen-bond acceptors (Lipinski definition) is 9. The number of Topliss-reactive ketones (excluding diaryl/α,β-unsaturated/α-hetero) is 1. The molecule has 2 saturated heterocycles. The molecular formula is C28H52N2O7. The third-order valence-electron chi connectivity index (χ3n) is 8.56. The van der Waals surface area contributed by atoms with E-state index >= 15 is 0 Å². The predicted molar refractivity (Wildman–Crippen MR) is 142 cm³/mol. The fraction of sp³-hybridized carbons (Fsp3) is 0.929.